The third-order valence-electron chi connectivity index (χ3n) is 3.63. The van der Waals surface area contributed by atoms with Crippen LogP contribution in [0.3, 0.4) is 0 Å². The number of hydrogen-bond acceptors (Lipinski definition) is 6. The Morgan fingerprint density at radius 2 is 1.95 bits per heavy atom. The lowest BCUT2D eigenvalue weighted by atomic mass is 9.78. The second kappa shape index (κ2) is 5.36. The van der Waals surface area contributed by atoms with Crippen LogP contribution in [-0.2, 0) is 23.9 Å². The van der Waals surface area contributed by atoms with E-state index in [1.165, 1.54) is 21.0 Å². The fourth-order valence-electron chi connectivity index (χ4n) is 1.91. The van der Waals surface area contributed by atoms with Crippen LogP contribution in [0.15, 0.2) is 11.8 Å². The Labute approximate surface area is 117 Å². The van der Waals surface area contributed by atoms with Gasteiger partial charge in [0.25, 0.3) is 0 Å². The molecule has 6 nitrogen and oxygen atoms in total. The van der Waals surface area contributed by atoms with Gasteiger partial charge < -0.3 is 14.6 Å². The van der Waals surface area contributed by atoms with E-state index in [0.29, 0.717) is 6.42 Å². The molecule has 1 aliphatic carbocycles. The number of hydrogen-bond donors (Lipinski definition) is 1. The van der Waals surface area contributed by atoms with Crippen molar-refractivity contribution in [2.24, 2.45) is 5.92 Å². The molecule has 0 saturated heterocycles. The van der Waals surface area contributed by atoms with E-state index in [9.17, 15) is 19.5 Å². The Morgan fingerprint density at radius 1 is 1.40 bits per heavy atom. The number of ether oxygens (including phenoxy) is 2. The Kier molecular flexibility index (Phi) is 4.39. The predicted molar refractivity (Wildman–Crippen MR) is 69.7 cm³/mol. The fourth-order valence-corrected chi connectivity index (χ4v) is 1.91. The summed E-state index contributed by atoms with van der Waals surface area (Å²) in [5.41, 5.74) is -4.03. The molecule has 0 amide bonds. The van der Waals surface area contributed by atoms with Gasteiger partial charge in [0.05, 0.1) is 13.0 Å². The number of aliphatic hydroxyl groups is 1. The van der Waals surface area contributed by atoms with Crippen molar-refractivity contribution in [3.8, 4) is 0 Å². The Morgan fingerprint density at radius 3 is 2.40 bits per heavy atom. The average Bonchev–Trinajstić information content (AvgIpc) is 2.40. The maximum absolute atomic E-state index is 12.3. The molecule has 0 heterocycles. The second-order valence-electron chi connectivity index (χ2n) is 5.24. The van der Waals surface area contributed by atoms with Gasteiger partial charge in [0.1, 0.15) is 5.76 Å². The SMILES string of the molecule is CCC(C)C(=O)O[C@]1(C)C(=O)C=C(OC)[C@](C)(O)C1=O. The van der Waals surface area contributed by atoms with Crippen molar-refractivity contribution < 1.29 is 29.0 Å². The lowest BCUT2D eigenvalue weighted by Crippen LogP contribution is -2.60. The van der Waals surface area contributed by atoms with Gasteiger partial charge in [-0.05, 0) is 20.3 Å². The van der Waals surface area contributed by atoms with Crippen molar-refractivity contribution in [1.29, 1.82) is 0 Å². The maximum Gasteiger partial charge on any atom is 0.310 e. The van der Waals surface area contributed by atoms with E-state index in [2.05, 4.69) is 0 Å². The lowest BCUT2D eigenvalue weighted by Gasteiger charge is -2.37. The number of carbonyl (C=O) groups excluding carboxylic acids is 3. The van der Waals surface area contributed by atoms with Gasteiger partial charge in [0, 0.05) is 6.08 Å². The van der Waals surface area contributed by atoms with E-state index in [-0.39, 0.29) is 5.76 Å². The highest BCUT2D eigenvalue weighted by molar-refractivity contribution is 6.21. The number of ketones is 2. The van der Waals surface area contributed by atoms with Crippen molar-refractivity contribution in [2.45, 2.75) is 45.3 Å². The molecule has 1 rings (SSSR count). The van der Waals surface area contributed by atoms with Gasteiger partial charge in [0.15, 0.2) is 5.60 Å². The van der Waals surface area contributed by atoms with Crippen molar-refractivity contribution in [2.75, 3.05) is 7.11 Å². The second-order valence-corrected chi connectivity index (χ2v) is 5.24. The number of esters is 1. The van der Waals surface area contributed by atoms with Crippen molar-refractivity contribution in [3.05, 3.63) is 11.8 Å². The third-order valence-corrected chi connectivity index (χ3v) is 3.63. The molecular formula is C14H20O6. The van der Waals surface area contributed by atoms with Gasteiger partial charge in [-0.25, -0.2) is 0 Å². The van der Waals surface area contributed by atoms with Crippen LogP contribution in [0, 0.1) is 5.92 Å². The molecule has 0 aromatic heterocycles. The summed E-state index contributed by atoms with van der Waals surface area (Å²) >= 11 is 0. The molecule has 20 heavy (non-hydrogen) atoms. The molecule has 1 N–H and O–H groups in total. The molecule has 3 atom stereocenters. The first kappa shape index (κ1) is 16.4. The van der Waals surface area contributed by atoms with Gasteiger partial charge in [0.2, 0.25) is 17.2 Å². The highest BCUT2D eigenvalue weighted by Crippen LogP contribution is 2.33. The van der Waals surface area contributed by atoms with Crippen LogP contribution in [0.4, 0.5) is 0 Å². The van der Waals surface area contributed by atoms with Crippen molar-refractivity contribution >= 4 is 17.5 Å². The molecule has 6 heteroatoms. The van der Waals surface area contributed by atoms with Gasteiger partial charge in [-0.15, -0.1) is 0 Å². The summed E-state index contributed by atoms with van der Waals surface area (Å²) in [4.78, 5) is 36.2. The zero-order valence-electron chi connectivity index (χ0n) is 12.4. The molecule has 0 saturated carbocycles. The monoisotopic (exact) mass is 284 g/mol. The first-order valence-electron chi connectivity index (χ1n) is 6.42. The normalized spacial score (nSPS) is 31.6. The molecular weight excluding hydrogens is 264 g/mol. The molecule has 0 aliphatic heterocycles. The molecule has 0 bridgehead atoms. The third kappa shape index (κ3) is 2.47. The van der Waals surface area contributed by atoms with E-state index < -0.39 is 34.7 Å². The Hall–Kier alpha value is -1.69. The summed E-state index contributed by atoms with van der Waals surface area (Å²) in [6.45, 7) is 5.82. The van der Waals surface area contributed by atoms with Gasteiger partial charge >= 0.3 is 5.97 Å². The zero-order chi connectivity index (χ0) is 15.7. The number of rotatable bonds is 4. The Bertz CT molecular complexity index is 476. The summed E-state index contributed by atoms with van der Waals surface area (Å²) in [5.74, 6) is -2.88. The zero-order valence-corrected chi connectivity index (χ0v) is 12.4. The van der Waals surface area contributed by atoms with E-state index in [1.807, 2.05) is 0 Å². The Balaban J connectivity index is 3.18. The lowest BCUT2D eigenvalue weighted by molar-refractivity contribution is -0.180. The molecule has 0 spiro atoms. The van der Waals surface area contributed by atoms with Crippen LogP contribution in [0.1, 0.15) is 34.1 Å². The van der Waals surface area contributed by atoms with Crippen molar-refractivity contribution in [3.63, 3.8) is 0 Å². The summed E-state index contributed by atoms with van der Waals surface area (Å²) < 4.78 is 9.93. The highest BCUT2D eigenvalue weighted by atomic mass is 16.6. The summed E-state index contributed by atoms with van der Waals surface area (Å²) in [6.07, 6.45) is 1.51. The van der Waals surface area contributed by atoms with Crippen LogP contribution in [-0.4, -0.2) is 41.0 Å². The molecule has 112 valence electrons. The first-order chi connectivity index (χ1) is 9.11. The van der Waals surface area contributed by atoms with Crippen LogP contribution in [0.2, 0.25) is 0 Å². The van der Waals surface area contributed by atoms with Crippen LogP contribution in [0.25, 0.3) is 0 Å². The number of methoxy groups -OCH3 is 1. The minimum Gasteiger partial charge on any atom is -0.497 e. The standard InChI is InChI=1S/C14H20O6/c1-6-8(2)11(16)20-14(4)9(15)7-10(19-5)13(3,18)12(14)17/h7-8,18H,6H2,1-5H3/t8?,13-,14+/m0/s1. The van der Waals surface area contributed by atoms with Gasteiger partial charge in [-0.1, -0.05) is 13.8 Å². The molecule has 1 aliphatic rings. The molecule has 0 aromatic rings. The molecule has 0 aromatic carbocycles. The largest absolute Gasteiger partial charge is 0.497 e. The maximum atomic E-state index is 12.3. The predicted octanol–water partition coefficient (Wildman–Crippen LogP) is 0.767. The highest BCUT2D eigenvalue weighted by Gasteiger charge is 2.57. The number of carbonyl (C=O) groups is 3. The minimum absolute atomic E-state index is 0.162. The smallest absolute Gasteiger partial charge is 0.310 e. The van der Waals surface area contributed by atoms with E-state index >= 15 is 0 Å². The average molecular weight is 284 g/mol. The minimum atomic E-state index is -2.02. The summed E-state index contributed by atoms with van der Waals surface area (Å²) in [6, 6.07) is 0. The van der Waals surface area contributed by atoms with E-state index in [0.717, 1.165) is 6.08 Å². The quantitative estimate of drug-likeness (QED) is 0.605. The van der Waals surface area contributed by atoms with Gasteiger partial charge in [-0.2, -0.15) is 0 Å². The summed E-state index contributed by atoms with van der Waals surface area (Å²) in [7, 11) is 1.24. The van der Waals surface area contributed by atoms with Crippen LogP contribution in [0.5, 0.6) is 0 Å². The fraction of sp³-hybridized carbons (Fsp3) is 0.643. The molecule has 0 fully saturated rings. The van der Waals surface area contributed by atoms with Crippen LogP contribution >= 0.6 is 0 Å². The molecule has 1 unspecified atom stereocenters. The summed E-state index contributed by atoms with van der Waals surface area (Å²) in [5, 5.41) is 10.2. The van der Waals surface area contributed by atoms with Gasteiger partial charge in [-0.3, -0.25) is 14.4 Å². The van der Waals surface area contributed by atoms with Crippen molar-refractivity contribution in [1.82, 2.24) is 0 Å². The number of Topliss-reactive ketones (excluding diaryl/α,β-unsaturated/α-hetero) is 1. The van der Waals surface area contributed by atoms with E-state index in [1.54, 1.807) is 13.8 Å². The van der Waals surface area contributed by atoms with E-state index in [4.69, 9.17) is 9.47 Å². The first-order valence-corrected chi connectivity index (χ1v) is 6.42. The topological polar surface area (TPSA) is 89.9 Å². The molecule has 0 radical (unpaired) electrons. The van der Waals surface area contributed by atoms with Crippen LogP contribution < -0.4 is 0 Å².